The molecule has 0 aliphatic carbocycles. The van der Waals surface area contributed by atoms with Gasteiger partial charge >= 0.3 is 18.0 Å². The van der Waals surface area contributed by atoms with Crippen molar-refractivity contribution in [2.45, 2.75) is 38.7 Å². The molecule has 0 radical (unpaired) electrons. The summed E-state index contributed by atoms with van der Waals surface area (Å²) in [6, 6.07) is 0. The normalized spacial score (nSPS) is 11.5. The molecule has 0 aliphatic rings. The molecule has 0 spiro atoms. The highest BCUT2D eigenvalue weighted by Gasteiger charge is 2.19. The minimum absolute atomic E-state index is 0.0729. The summed E-state index contributed by atoms with van der Waals surface area (Å²) < 4.78 is 14.9. The number of carbonyl (C=O) groups is 3. The van der Waals surface area contributed by atoms with Crippen molar-refractivity contribution in [3.63, 3.8) is 0 Å². The molecule has 0 saturated heterocycles. The van der Waals surface area contributed by atoms with Crippen LogP contribution in [0, 0.1) is 5.92 Å². The molecule has 0 aromatic heterocycles. The van der Waals surface area contributed by atoms with Crippen LogP contribution in [0.5, 0.6) is 0 Å². The maximum Gasteiger partial charge on any atom is 0.407 e. The first-order chi connectivity index (χ1) is 15.3. The van der Waals surface area contributed by atoms with Crippen LogP contribution in [0.3, 0.4) is 0 Å². The monoisotopic (exact) mass is 451 g/mol. The first kappa shape index (κ1) is 28.5. The summed E-state index contributed by atoms with van der Waals surface area (Å²) in [4.78, 5) is 62.3. The van der Waals surface area contributed by atoms with Gasteiger partial charge in [-0.15, -0.1) is 0 Å². The molecule has 0 rings (SSSR count). The number of hydrogen-bond acceptors (Lipinski definition) is 10. The van der Waals surface area contributed by atoms with E-state index >= 15 is 0 Å². The van der Waals surface area contributed by atoms with Gasteiger partial charge in [0.05, 0.1) is 13.1 Å². The van der Waals surface area contributed by atoms with Gasteiger partial charge in [0.25, 0.3) is 0 Å². The molecule has 0 aliphatic heterocycles. The highest BCUT2D eigenvalue weighted by Crippen LogP contribution is 2.14. The fourth-order valence-corrected chi connectivity index (χ4v) is 2.41. The molecule has 0 bridgehead atoms. The van der Waals surface area contributed by atoms with E-state index in [0.29, 0.717) is 38.8 Å². The van der Waals surface area contributed by atoms with E-state index in [1.54, 1.807) is 0 Å². The molecule has 0 saturated carbocycles. The molecule has 0 fully saturated rings. The second-order valence-corrected chi connectivity index (χ2v) is 6.72. The van der Waals surface area contributed by atoms with E-state index in [9.17, 15) is 24.0 Å². The summed E-state index contributed by atoms with van der Waals surface area (Å²) in [6.07, 6.45) is 4.70. The van der Waals surface area contributed by atoms with Gasteiger partial charge in [-0.05, 0) is 38.5 Å². The van der Waals surface area contributed by atoms with Crippen LogP contribution in [-0.2, 0) is 33.4 Å². The van der Waals surface area contributed by atoms with Crippen LogP contribution in [0.4, 0.5) is 4.79 Å². The average Bonchev–Trinajstić information content (AvgIpc) is 2.78. The van der Waals surface area contributed by atoms with Gasteiger partial charge in [-0.25, -0.2) is 34.0 Å². The molecule has 11 heteroatoms. The van der Waals surface area contributed by atoms with Gasteiger partial charge < -0.3 is 19.5 Å². The number of rotatable bonds is 17. The van der Waals surface area contributed by atoms with Crippen molar-refractivity contribution in [2.75, 3.05) is 32.8 Å². The van der Waals surface area contributed by atoms with E-state index in [4.69, 9.17) is 14.2 Å². The molecule has 176 valence electrons. The number of ether oxygens (including phenoxy) is 3. The Kier molecular flexibility index (Phi) is 16.2. The SMILES string of the molecule is C=CC(=O)OCC(COC(=O)C(=C)C)OC(=O)NCCCC(CCCN=C=O)CN=C=O. The van der Waals surface area contributed by atoms with Crippen LogP contribution >= 0.6 is 0 Å². The lowest BCUT2D eigenvalue weighted by Gasteiger charge is -2.18. The minimum atomic E-state index is -1.02. The molecule has 0 heterocycles. The highest BCUT2D eigenvalue weighted by molar-refractivity contribution is 5.87. The Morgan fingerprint density at radius 1 is 1.06 bits per heavy atom. The van der Waals surface area contributed by atoms with E-state index in [0.717, 1.165) is 6.08 Å². The summed E-state index contributed by atoms with van der Waals surface area (Å²) in [5.74, 6) is -1.31. The number of nitrogens with zero attached hydrogens (tertiary/aromatic N) is 2. The fourth-order valence-electron chi connectivity index (χ4n) is 2.41. The second-order valence-electron chi connectivity index (χ2n) is 6.72. The van der Waals surface area contributed by atoms with Gasteiger partial charge in [0.2, 0.25) is 12.2 Å². The molecule has 2 atom stereocenters. The first-order valence-corrected chi connectivity index (χ1v) is 9.97. The van der Waals surface area contributed by atoms with E-state index in [1.165, 1.54) is 19.1 Å². The van der Waals surface area contributed by atoms with Crippen LogP contribution in [0.25, 0.3) is 0 Å². The van der Waals surface area contributed by atoms with Crippen molar-refractivity contribution >= 4 is 30.2 Å². The van der Waals surface area contributed by atoms with Crippen molar-refractivity contribution in [1.29, 1.82) is 0 Å². The summed E-state index contributed by atoms with van der Waals surface area (Å²) >= 11 is 0. The Morgan fingerprint density at radius 2 is 1.72 bits per heavy atom. The maximum atomic E-state index is 12.0. The summed E-state index contributed by atoms with van der Waals surface area (Å²) in [6.45, 7) is 8.46. The fraction of sp³-hybridized carbons (Fsp3) is 0.571. The zero-order valence-electron chi connectivity index (χ0n) is 18.2. The average molecular weight is 451 g/mol. The highest BCUT2D eigenvalue weighted by atomic mass is 16.6. The molecule has 32 heavy (non-hydrogen) atoms. The number of nitrogens with one attached hydrogen (secondary N) is 1. The predicted molar refractivity (Wildman–Crippen MR) is 113 cm³/mol. The first-order valence-electron chi connectivity index (χ1n) is 9.97. The van der Waals surface area contributed by atoms with Crippen LogP contribution in [0.15, 0.2) is 34.8 Å². The second kappa shape index (κ2) is 18.2. The molecule has 11 nitrogen and oxygen atoms in total. The maximum absolute atomic E-state index is 12.0. The molecule has 0 aromatic rings. The Balaban J connectivity index is 4.51. The molecular weight excluding hydrogens is 422 g/mol. The van der Waals surface area contributed by atoms with Gasteiger partial charge in [0.1, 0.15) is 13.2 Å². The Bertz CT molecular complexity index is 739. The van der Waals surface area contributed by atoms with E-state index in [1.807, 2.05) is 0 Å². The Morgan fingerprint density at radius 3 is 2.34 bits per heavy atom. The Labute approximate surface area is 186 Å². The zero-order valence-corrected chi connectivity index (χ0v) is 18.2. The number of amides is 1. The predicted octanol–water partition coefficient (Wildman–Crippen LogP) is 1.78. The number of isocyanates is 2. The van der Waals surface area contributed by atoms with Gasteiger partial charge in [-0.3, -0.25) is 0 Å². The van der Waals surface area contributed by atoms with Crippen molar-refractivity contribution in [2.24, 2.45) is 15.9 Å². The van der Waals surface area contributed by atoms with Crippen LogP contribution in [-0.4, -0.2) is 69.1 Å². The third kappa shape index (κ3) is 15.3. The summed E-state index contributed by atoms with van der Waals surface area (Å²) in [5, 5.41) is 2.56. The largest absolute Gasteiger partial charge is 0.458 e. The third-order valence-electron chi connectivity index (χ3n) is 4.02. The van der Waals surface area contributed by atoms with Gasteiger partial charge in [0.15, 0.2) is 6.10 Å². The van der Waals surface area contributed by atoms with E-state index in [2.05, 4.69) is 28.5 Å². The van der Waals surface area contributed by atoms with Crippen molar-refractivity contribution in [3.05, 3.63) is 24.8 Å². The lowest BCUT2D eigenvalue weighted by Crippen LogP contribution is -2.35. The number of aliphatic imine (C=N–C) groups is 2. The van der Waals surface area contributed by atoms with Crippen molar-refractivity contribution < 1.29 is 38.2 Å². The summed E-state index contributed by atoms with van der Waals surface area (Å²) in [5.41, 5.74) is 0.169. The van der Waals surface area contributed by atoms with Gasteiger partial charge in [-0.2, -0.15) is 0 Å². The van der Waals surface area contributed by atoms with Gasteiger partial charge in [-0.1, -0.05) is 13.2 Å². The molecule has 1 amide bonds. The lowest BCUT2D eigenvalue weighted by atomic mass is 9.97. The summed E-state index contributed by atoms with van der Waals surface area (Å²) in [7, 11) is 0. The number of alkyl carbamates (subject to hydrolysis) is 1. The zero-order chi connectivity index (χ0) is 24.2. The number of esters is 2. The van der Waals surface area contributed by atoms with Crippen molar-refractivity contribution in [3.8, 4) is 0 Å². The molecule has 1 N–H and O–H groups in total. The van der Waals surface area contributed by atoms with Crippen LogP contribution in [0.2, 0.25) is 0 Å². The third-order valence-corrected chi connectivity index (χ3v) is 4.02. The quantitative estimate of drug-likeness (QED) is 0.0878. The molecule has 2 unspecified atom stereocenters. The van der Waals surface area contributed by atoms with Crippen molar-refractivity contribution in [1.82, 2.24) is 5.32 Å². The van der Waals surface area contributed by atoms with E-state index < -0.39 is 24.1 Å². The van der Waals surface area contributed by atoms with Crippen LogP contribution < -0.4 is 5.32 Å². The molecular formula is C21H29N3O8. The standard InChI is InChI=1S/C21H29N3O8/c1-4-19(27)30-12-18(13-31-20(28)16(2)3)32-21(29)24-10-6-8-17(11-23-15-26)7-5-9-22-14-25/h4,17-18H,1-2,5-13H2,3H3,(H,24,29). The lowest BCUT2D eigenvalue weighted by molar-refractivity contribution is -0.147. The smallest absolute Gasteiger partial charge is 0.407 e. The topological polar surface area (TPSA) is 150 Å². The Hall–Kier alpha value is -3.55. The number of carbonyl (C=O) groups excluding carboxylic acids is 5. The van der Waals surface area contributed by atoms with Crippen LogP contribution in [0.1, 0.15) is 32.6 Å². The molecule has 0 aromatic carbocycles. The minimum Gasteiger partial charge on any atom is -0.458 e. The van der Waals surface area contributed by atoms with E-state index in [-0.39, 0.29) is 31.2 Å². The number of hydrogen-bond donors (Lipinski definition) is 1. The van der Waals surface area contributed by atoms with Gasteiger partial charge in [0, 0.05) is 18.2 Å².